The van der Waals surface area contributed by atoms with E-state index in [0.717, 1.165) is 57.2 Å². The second-order valence-electron chi connectivity index (χ2n) is 10.4. The summed E-state index contributed by atoms with van der Waals surface area (Å²) in [5.41, 5.74) is 3.24. The number of methoxy groups -OCH3 is 1. The van der Waals surface area contributed by atoms with Gasteiger partial charge in [0.15, 0.2) is 5.82 Å². The molecule has 182 valence electrons. The third kappa shape index (κ3) is 4.75. The molecular formula is C28H32N4O3. The molecule has 1 aromatic heterocycles. The Kier molecular flexibility index (Phi) is 5.90. The zero-order valence-corrected chi connectivity index (χ0v) is 20.2. The zero-order valence-electron chi connectivity index (χ0n) is 20.2. The van der Waals surface area contributed by atoms with Crippen molar-refractivity contribution in [3.63, 3.8) is 0 Å². The summed E-state index contributed by atoms with van der Waals surface area (Å²) in [6.07, 6.45) is 4.48. The SMILES string of the molecule is COC(=O)c1ccc(CN2CCC(c3nc(C4(CNC5CC5c5ccccc5)CC4)no3)C2)cc1. The topological polar surface area (TPSA) is 80.5 Å². The van der Waals surface area contributed by atoms with E-state index < -0.39 is 0 Å². The highest BCUT2D eigenvalue weighted by Gasteiger charge is 2.50. The molecule has 1 saturated heterocycles. The summed E-state index contributed by atoms with van der Waals surface area (Å²) in [5, 5.41) is 8.20. The summed E-state index contributed by atoms with van der Waals surface area (Å²) in [7, 11) is 1.40. The van der Waals surface area contributed by atoms with Gasteiger partial charge in [0.05, 0.1) is 18.6 Å². The van der Waals surface area contributed by atoms with E-state index in [-0.39, 0.29) is 17.3 Å². The molecule has 3 unspecified atom stereocenters. The van der Waals surface area contributed by atoms with Crippen LogP contribution in [0.2, 0.25) is 0 Å². The van der Waals surface area contributed by atoms with Crippen molar-refractivity contribution in [3.05, 3.63) is 83.0 Å². The largest absolute Gasteiger partial charge is 0.465 e. The van der Waals surface area contributed by atoms with E-state index in [4.69, 9.17) is 14.2 Å². The highest BCUT2D eigenvalue weighted by atomic mass is 16.5. The highest BCUT2D eigenvalue weighted by Crippen LogP contribution is 2.48. The van der Waals surface area contributed by atoms with Crippen LogP contribution in [0.25, 0.3) is 0 Å². The first-order chi connectivity index (χ1) is 17.1. The number of carbonyl (C=O) groups is 1. The predicted molar refractivity (Wildman–Crippen MR) is 131 cm³/mol. The summed E-state index contributed by atoms with van der Waals surface area (Å²) in [6, 6.07) is 19.0. The van der Waals surface area contributed by atoms with Gasteiger partial charge in [-0.1, -0.05) is 47.6 Å². The Morgan fingerprint density at radius 1 is 1.17 bits per heavy atom. The Hall–Kier alpha value is -3.03. The Labute approximate surface area is 205 Å². The number of benzene rings is 2. The number of esters is 1. The molecule has 3 aromatic rings. The zero-order chi connectivity index (χ0) is 23.8. The van der Waals surface area contributed by atoms with Gasteiger partial charge in [-0.25, -0.2) is 4.79 Å². The minimum absolute atomic E-state index is 0.0469. The molecule has 2 heterocycles. The second kappa shape index (κ2) is 9.21. The minimum Gasteiger partial charge on any atom is -0.465 e. The monoisotopic (exact) mass is 472 g/mol. The lowest BCUT2D eigenvalue weighted by atomic mass is 10.1. The summed E-state index contributed by atoms with van der Waals surface area (Å²) in [6.45, 7) is 3.68. The van der Waals surface area contributed by atoms with Crippen LogP contribution in [0.5, 0.6) is 0 Å². The third-order valence-electron chi connectivity index (χ3n) is 7.89. The van der Waals surface area contributed by atoms with Gasteiger partial charge in [-0.15, -0.1) is 0 Å². The molecule has 7 nitrogen and oxygen atoms in total. The lowest BCUT2D eigenvalue weighted by molar-refractivity contribution is 0.0600. The number of hydrogen-bond acceptors (Lipinski definition) is 7. The Morgan fingerprint density at radius 2 is 1.97 bits per heavy atom. The molecule has 1 N–H and O–H groups in total. The minimum atomic E-state index is -0.304. The number of rotatable bonds is 9. The van der Waals surface area contributed by atoms with E-state index in [0.29, 0.717) is 17.5 Å². The van der Waals surface area contributed by atoms with Gasteiger partial charge < -0.3 is 14.6 Å². The fraction of sp³-hybridized carbons (Fsp3) is 0.464. The van der Waals surface area contributed by atoms with E-state index in [9.17, 15) is 4.79 Å². The van der Waals surface area contributed by atoms with Gasteiger partial charge in [0.2, 0.25) is 5.89 Å². The van der Waals surface area contributed by atoms with Crippen LogP contribution in [0, 0.1) is 0 Å². The Morgan fingerprint density at radius 3 is 2.71 bits per heavy atom. The maximum absolute atomic E-state index is 11.6. The molecule has 0 spiro atoms. The maximum Gasteiger partial charge on any atom is 0.337 e. The van der Waals surface area contributed by atoms with Gasteiger partial charge in [0, 0.05) is 37.0 Å². The fourth-order valence-corrected chi connectivity index (χ4v) is 5.36. The number of ether oxygens (including phenoxy) is 1. The number of hydrogen-bond donors (Lipinski definition) is 1. The van der Waals surface area contributed by atoms with E-state index in [1.54, 1.807) is 0 Å². The van der Waals surface area contributed by atoms with Crippen LogP contribution in [0.1, 0.15) is 70.7 Å². The lowest BCUT2D eigenvalue weighted by Gasteiger charge is -2.15. The predicted octanol–water partition coefficient (Wildman–Crippen LogP) is 4.02. The molecular weight excluding hydrogens is 440 g/mol. The highest BCUT2D eigenvalue weighted by molar-refractivity contribution is 5.89. The average molecular weight is 473 g/mol. The molecule has 3 atom stereocenters. The van der Waals surface area contributed by atoms with Crippen molar-refractivity contribution >= 4 is 5.97 Å². The fourth-order valence-electron chi connectivity index (χ4n) is 5.36. The van der Waals surface area contributed by atoms with Crippen molar-refractivity contribution in [2.45, 2.75) is 55.5 Å². The first-order valence-electron chi connectivity index (χ1n) is 12.7. The van der Waals surface area contributed by atoms with Crippen molar-refractivity contribution in [2.24, 2.45) is 0 Å². The molecule has 35 heavy (non-hydrogen) atoms. The van der Waals surface area contributed by atoms with Crippen LogP contribution >= 0.6 is 0 Å². The van der Waals surface area contributed by atoms with Gasteiger partial charge >= 0.3 is 5.97 Å². The van der Waals surface area contributed by atoms with Crippen molar-refractivity contribution < 1.29 is 14.1 Å². The molecule has 2 aliphatic carbocycles. The number of nitrogens with one attached hydrogen (secondary N) is 1. The molecule has 2 saturated carbocycles. The molecule has 0 radical (unpaired) electrons. The molecule has 7 heteroatoms. The van der Waals surface area contributed by atoms with Crippen LogP contribution in [0.15, 0.2) is 59.1 Å². The van der Waals surface area contributed by atoms with Gasteiger partial charge in [-0.3, -0.25) is 4.90 Å². The first kappa shape index (κ1) is 22.4. The molecule has 0 amide bonds. The summed E-state index contributed by atoms with van der Waals surface area (Å²) < 4.78 is 10.6. The van der Waals surface area contributed by atoms with Crippen LogP contribution in [0.3, 0.4) is 0 Å². The number of aromatic nitrogens is 2. The second-order valence-corrected chi connectivity index (χ2v) is 10.4. The summed E-state index contributed by atoms with van der Waals surface area (Å²) >= 11 is 0. The Balaban J connectivity index is 1.02. The van der Waals surface area contributed by atoms with E-state index in [2.05, 4.69) is 45.7 Å². The number of nitrogens with zero attached hydrogens (tertiary/aromatic N) is 3. The molecule has 0 bridgehead atoms. The van der Waals surface area contributed by atoms with Crippen LogP contribution in [-0.4, -0.2) is 53.8 Å². The molecule has 6 rings (SSSR count). The van der Waals surface area contributed by atoms with Crippen molar-refractivity contribution in [3.8, 4) is 0 Å². The van der Waals surface area contributed by atoms with Crippen molar-refractivity contribution in [1.29, 1.82) is 0 Å². The molecule has 3 fully saturated rings. The summed E-state index contributed by atoms with van der Waals surface area (Å²) in [4.78, 5) is 18.9. The molecule has 1 aliphatic heterocycles. The lowest BCUT2D eigenvalue weighted by Crippen LogP contribution is -2.30. The smallest absolute Gasteiger partial charge is 0.337 e. The van der Waals surface area contributed by atoms with Gasteiger partial charge in [0.1, 0.15) is 0 Å². The van der Waals surface area contributed by atoms with E-state index >= 15 is 0 Å². The Bertz CT molecular complexity index is 1170. The molecule has 3 aliphatic rings. The maximum atomic E-state index is 11.6. The normalized spacial score (nSPS) is 24.9. The van der Waals surface area contributed by atoms with Crippen LogP contribution in [-0.2, 0) is 16.7 Å². The standard InChI is InChI=1S/C28H32N4O3/c1-34-26(33)21-9-7-19(8-10-21)16-32-14-11-22(17-32)25-30-27(31-35-25)28(12-13-28)18-29-24-15-23(24)20-5-3-2-4-6-20/h2-10,22-24,29H,11-18H2,1H3. The summed E-state index contributed by atoms with van der Waals surface area (Å²) in [5.74, 6) is 2.27. The van der Waals surface area contributed by atoms with E-state index in [1.165, 1.54) is 24.7 Å². The first-order valence-corrected chi connectivity index (χ1v) is 12.7. The van der Waals surface area contributed by atoms with Gasteiger partial charge in [0.25, 0.3) is 0 Å². The number of likely N-dealkylation sites (tertiary alicyclic amines) is 1. The van der Waals surface area contributed by atoms with Gasteiger partial charge in [-0.05, 0) is 55.5 Å². The average Bonchev–Trinajstić information content (AvgIpc) is 3.75. The quantitative estimate of drug-likeness (QED) is 0.471. The van der Waals surface area contributed by atoms with E-state index in [1.807, 2.05) is 24.3 Å². The number of carbonyl (C=O) groups excluding carboxylic acids is 1. The third-order valence-corrected chi connectivity index (χ3v) is 7.89. The van der Waals surface area contributed by atoms with Crippen LogP contribution in [0.4, 0.5) is 0 Å². The molecule has 2 aromatic carbocycles. The van der Waals surface area contributed by atoms with Gasteiger partial charge in [-0.2, -0.15) is 4.98 Å². The van der Waals surface area contributed by atoms with Crippen LogP contribution < -0.4 is 5.32 Å². The van der Waals surface area contributed by atoms with Crippen molar-refractivity contribution in [1.82, 2.24) is 20.4 Å². The van der Waals surface area contributed by atoms with Crippen molar-refractivity contribution in [2.75, 3.05) is 26.7 Å².